The van der Waals surface area contributed by atoms with Crippen LogP contribution in [0.4, 0.5) is 4.39 Å². The van der Waals surface area contributed by atoms with Crippen molar-refractivity contribution in [1.29, 1.82) is 0 Å². The van der Waals surface area contributed by atoms with Crippen molar-refractivity contribution in [3.05, 3.63) is 70.4 Å². The van der Waals surface area contributed by atoms with Gasteiger partial charge in [-0.3, -0.25) is 0 Å². The molecule has 0 saturated carbocycles. The van der Waals surface area contributed by atoms with Gasteiger partial charge in [-0.15, -0.1) is 11.3 Å². The second kappa shape index (κ2) is 5.35. The molecule has 3 rings (SSSR count). The Morgan fingerprint density at radius 1 is 1.15 bits per heavy atom. The standard InChI is InChI=1S/C17H16FNS/c1-2-11-4-3-5-12(8-11)17(19)16-10-13-9-14(18)6-7-15(13)20-16/h3-10,17H,2,19H2,1H3. The molecule has 0 aliphatic rings. The first-order chi connectivity index (χ1) is 9.67. The molecule has 0 aliphatic carbocycles. The third kappa shape index (κ3) is 2.47. The number of nitrogens with two attached hydrogens (primary N) is 1. The van der Waals surface area contributed by atoms with Gasteiger partial charge in [0.1, 0.15) is 5.82 Å². The highest BCUT2D eigenvalue weighted by Gasteiger charge is 2.13. The van der Waals surface area contributed by atoms with Crippen LogP contribution in [0.2, 0.25) is 0 Å². The molecule has 2 aromatic carbocycles. The molecular formula is C17H16FNS. The maximum absolute atomic E-state index is 13.2. The van der Waals surface area contributed by atoms with Crippen LogP contribution in [0.5, 0.6) is 0 Å². The molecule has 0 saturated heterocycles. The fraction of sp³-hybridized carbons (Fsp3) is 0.176. The minimum absolute atomic E-state index is 0.151. The summed E-state index contributed by atoms with van der Waals surface area (Å²) in [5, 5.41) is 0.923. The maximum Gasteiger partial charge on any atom is 0.123 e. The van der Waals surface area contributed by atoms with Crippen LogP contribution >= 0.6 is 11.3 Å². The molecule has 20 heavy (non-hydrogen) atoms. The summed E-state index contributed by atoms with van der Waals surface area (Å²) < 4.78 is 14.3. The van der Waals surface area contributed by atoms with Crippen LogP contribution in [-0.2, 0) is 6.42 Å². The Kier molecular flexibility index (Phi) is 3.55. The van der Waals surface area contributed by atoms with Gasteiger partial charge in [0.25, 0.3) is 0 Å². The summed E-state index contributed by atoms with van der Waals surface area (Å²) in [4.78, 5) is 1.07. The summed E-state index contributed by atoms with van der Waals surface area (Å²) in [5.41, 5.74) is 8.75. The van der Waals surface area contributed by atoms with Crippen molar-refractivity contribution in [2.24, 2.45) is 5.73 Å². The molecule has 0 bridgehead atoms. The summed E-state index contributed by atoms with van der Waals surface area (Å²) in [6.07, 6.45) is 0.998. The molecule has 2 N–H and O–H groups in total. The van der Waals surface area contributed by atoms with E-state index in [0.717, 1.165) is 26.9 Å². The molecule has 3 heteroatoms. The number of halogens is 1. The molecule has 0 radical (unpaired) electrons. The Bertz CT molecular complexity index is 748. The van der Waals surface area contributed by atoms with E-state index in [1.807, 2.05) is 18.2 Å². The van der Waals surface area contributed by atoms with E-state index in [0.29, 0.717) is 0 Å². The van der Waals surface area contributed by atoms with Crippen LogP contribution < -0.4 is 5.73 Å². The van der Waals surface area contributed by atoms with E-state index < -0.39 is 0 Å². The zero-order chi connectivity index (χ0) is 14.1. The molecule has 1 heterocycles. The lowest BCUT2D eigenvalue weighted by molar-refractivity contribution is 0.630. The molecule has 1 atom stereocenters. The first-order valence-electron chi connectivity index (χ1n) is 6.71. The topological polar surface area (TPSA) is 26.0 Å². The SMILES string of the molecule is CCc1cccc(C(N)c2cc3cc(F)ccc3s2)c1. The number of thiophene rings is 1. The van der Waals surface area contributed by atoms with Crippen LogP contribution in [0.3, 0.4) is 0 Å². The largest absolute Gasteiger partial charge is 0.320 e. The lowest BCUT2D eigenvalue weighted by Crippen LogP contribution is -2.10. The van der Waals surface area contributed by atoms with Gasteiger partial charge in [0, 0.05) is 9.58 Å². The number of aryl methyl sites for hydroxylation is 1. The van der Waals surface area contributed by atoms with Gasteiger partial charge in [-0.1, -0.05) is 31.2 Å². The molecular weight excluding hydrogens is 269 g/mol. The zero-order valence-electron chi connectivity index (χ0n) is 11.3. The summed E-state index contributed by atoms with van der Waals surface area (Å²) >= 11 is 1.63. The van der Waals surface area contributed by atoms with Crippen LogP contribution in [0.1, 0.15) is 29.0 Å². The van der Waals surface area contributed by atoms with Crippen molar-refractivity contribution in [3.63, 3.8) is 0 Å². The Hall–Kier alpha value is -1.71. The number of hydrogen-bond donors (Lipinski definition) is 1. The van der Waals surface area contributed by atoms with E-state index in [1.54, 1.807) is 17.4 Å². The van der Waals surface area contributed by atoms with E-state index >= 15 is 0 Å². The van der Waals surface area contributed by atoms with Gasteiger partial charge >= 0.3 is 0 Å². The predicted octanol–water partition coefficient (Wildman–Crippen LogP) is 4.65. The van der Waals surface area contributed by atoms with E-state index in [2.05, 4.69) is 25.1 Å². The molecule has 1 nitrogen and oxygen atoms in total. The van der Waals surface area contributed by atoms with E-state index in [9.17, 15) is 4.39 Å². The smallest absolute Gasteiger partial charge is 0.123 e. The van der Waals surface area contributed by atoms with Crippen LogP contribution in [-0.4, -0.2) is 0 Å². The highest BCUT2D eigenvalue weighted by molar-refractivity contribution is 7.19. The van der Waals surface area contributed by atoms with Crippen molar-refractivity contribution in [3.8, 4) is 0 Å². The lowest BCUT2D eigenvalue weighted by Gasteiger charge is -2.11. The average molecular weight is 285 g/mol. The first-order valence-corrected chi connectivity index (χ1v) is 7.52. The highest BCUT2D eigenvalue weighted by Crippen LogP contribution is 2.32. The summed E-state index contributed by atoms with van der Waals surface area (Å²) in [6, 6.07) is 15.1. The summed E-state index contributed by atoms with van der Waals surface area (Å²) in [7, 11) is 0. The third-order valence-corrected chi connectivity index (χ3v) is 4.72. The Morgan fingerprint density at radius 3 is 2.80 bits per heavy atom. The third-order valence-electron chi connectivity index (χ3n) is 3.52. The van der Waals surface area contributed by atoms with Gasteiger partial charge in [-0.05, 0) is 47.2 Å². The van der Waals surface area contributed by atoms with Gasteiger partial charge in [0.2, 0.25) is 0 Å². The predicted molar refractivity (Wildman–Crippen MR) is 83.6 cm³/mol. The summed E-state index contributed by atoms with van der Waals surface area (Å²) in [6.45, 7) is 2.13. The van der Waals surface area contributed by atoms with Crippen molar-refractivity contribution in [2.75, 3.05) is 0 Å². The molecule has 0 amide bonds. The van der Waals surface area contributed by atoms with Crippen LogP contribution in [0.15, 0.2) is 48.5 Å². The molecule has 1 unspecified atom stereocenters. The van der Waals surface area contributed by atoms with Gasteiger partial charge in [-0.2, -0.15) is 0 Å². The number of rotatable bonds is 3. The van der Waals surface area contributed by atoms with E-state index in [4.69, 9.17) is 5.73 Å². The molecule has 0 spiro atoms. The monoisotopic (exact) mass is 285 g/mol. The van der Waals surface area contributed by atoms with Crippen molar-refractivity contribution in [1.82, 2.24) is 0 Å². The molecule has 0 aliphatic heterocycles. The minimum atomic E-state index is -0.205. The normalized spacial score (nSPS) is 12.8. The molecule has 3 aromatic rings. The lowest BCUT2D eigenvalue weighted by atomic mass is 10.0. The van der Waals surface area contributed by atoms with E-state index in [-0.39, 0.29) is 11.9 Å². The van der Waals surface area contributed by atoms with E-state index in [1.165, 1.54) is 11.6 Å². The number of benzene rings is 2. The molecule has 0 fully saturated rings. The van der Waals surface area contributed by atoms with Crippen molar-refractivity contribution >= 4 is 21.4 Å². The van der Waals surface area contributed by atoms with Crippen molar-refractivity contribution < 1.29 is 4.39 Å². The van der Waals surface area contributed by atoms with Crippen molar-refractivity contribution in [2.45, 2.75) is 19.4 Å². The van der Waals surface area contributed by atoms with Gasteiger partial charge in [0.05, 0.1) is 6.04 Å². The first kappa shape index (κ1) is 13.3. The molecule has 102 valence electrons. The van der Waals surface area contributed by atoms with Gasteiger partial charge < -0.3 is 5.73 Å². The van der Waals surface area contributed by atoms with Crippen LogP contribution in [0.25, 0.3) is 10.1 Å². The number of hydrogen-bond acceptors (Lipinski definition) is 2. The second-order valence-electron chi connectivity index (χ2n) is 4.91. The van der Waals surface area contributed by atoms with Crippen LogP contribution in [0, 0.1) is 5.82 Å². The summed E-state index contributed by atoms with van der Waals surface area (Å²) in [5.74, 6) is -0.205. The average Bonchev–Trinajstić information content (AvgIpc) is 2.89. The molecule has 1 aromatic heterocycles. The Morgan fingerprint density at radius 2 is 2.00 bits per heavy atom. The maximum atomic E-state index is 13.2. The fourth-order valence-corrected chi connectivity index (χ4v) is 3.43. The highest BCUT2D eigenvalue weighted by atomic mass is 32.1. The zero-order valence-corrected chi connectivity index (χ0v) is 12.1. The van der Waals surface area contributed by atoms with Gasteiger partial charge in [0.15, 0.2) is 0 Å². The van der Waals surface area contributed by atoms with Gasteiger partial charge in [-0.25, -0.2) is 4.39 Å². The minimum Gasteiger partial charge on any atom is -0.320 e. The quantitative estimate of drug-likeness (QED) is 0.744. The Balaban J connectivity index is 2.00. The Labute approximate surface area is 121 Å². The fourth-order valence-electron chi connectivity index (χ4n) is 2.36. The second-order valence-corrected chi connectivity index (χ2v) is 6.02. The number of fused-ring (bicyclic) bond motifs is 1.